The van der Waals surface area contributed by atoms with E-state index in [0.29, 0.717) is 10.6 Å². The number of halogens is 2. The third-order valence-electron chi connectivity index (χ3n) is 2.87. The van der Waals surface area contributed by atoms with Crippen LogP contribution in [0.1, 0.15) is 10.4 Å². The van der Waals surface area contributed by atoms with E-state index in [9.17, 15) is 9.18 Å². The number of amides is 1. The maximum Gasteiger partial charge on any atom is 0.322 e. The Kier molecular flexibility index (Phi) is 3.84. The van der Waals surface area contributed by atoms with Crippen LogP contribution >= 0.6 is 11.6 Å². The number of rotatable bonds is 3. The lowest BCUT2D eigenvalue weighted by Gasteiger charge is -2.01. The maximum atomic E-state index is 13.5. The van der Waals surface area contributed by atoms with E-state index in [1.165, 1.54) is 18.2 Å². The molecule has 0 unspecified atom stereocenters. The molecule has 0 aliphatic carbocycles. The first-order valence-electron chi connectivity index (χ1n) is 6.29. The zero-order chi connectivity index (χ0) is 15.5. The minimum Gasteiger partial charge on any atom is -0.403 e. The molecule has 0 fully saturated rings. The molecule has 0 radical (unpaired) electrons. The van der Waals surface area contributed by atoms with E-state index in [2.05, 4.69) is 15.5 Å². The predicted octanol–water partition coefficient (Wildman–Crippen LogP) is 3.78. The molecule has 0 bridgehead atoms. The number of anilines is 1. The van der Waals surface area contributed by atoms with Crippen molar-refractivity contribution in [2.75, 3.05) is 5.32 Å². The molecule has 0 saturated carbocycles. The highest BCUT2D eigenvalue weighted by Gasteiger charge is 2.16. The number of hydrogen-bond acceptors (Lipinski definition) is 4. The molecule has 0 atom stereocenters. The van der Waals surface area contributed by atoms with Crippen molar-refractivity contribution < 1.29 is 13.6 Å². The Hall–Kier alpha value is -2.73. The zero-order valence-corrected chi connectivity index (χ0v) is 11.8. The average molecular weight is 318 g/mol. The highest BCUT2D eigenvalue weighted by molar-refractivity contribution is 6.33. The van der Waals surface area contributed by atoms with Gasteiger partial charge in [0.15, 0.2) is 0 Å². The smallest absolute Gasteiger partial charge is 0.322 e. The van der Waals surface area contributed by atoms with E-state index >= 15 is 0 Å². The summed E-state index contributed by atoms with van der Waals surface area (Å²) in [6, 6.07) is 12.4. The molecule has 1 aromatic heterocycles. The number of benzene rings is 2. The summed E-state index contributed by atoms with van der Waals surface area (Å²) in [6.45, 7) is 0. The number of nitrogens with zero attached hydrogens (tertiary/aromatic N) is 2. The minimum absolute atomic E-state index is 0.111. The molecule has 1 amide bonds. The summed E-state index contributed by atoms with van der Waals surface area (Å²) in [5, 5.41) is 10.3. The molecule has 2 aromatic carbocycles. The molecule has 3 aromatic rings. The van der Waals surface area contributed by atoms with Gasteiger partial charge in [-0.05, 0) is 24.3 Å². The quantitative estimate of drug-likeness (QED) is 0.798. The van der Waals surface area contributed by atoms with Crippen molar-refractivity contribution in [1.29, 1.82) is 0 Å². The van der Waals surface area contributed by atoms with Crippen LogP contribution in [-0.4, -0.2) is 16.1 Å². The van der Waals surface area contributed by atoms with Crippen LogP contribution in [0.3, 0.4) is 0 Å². The largest absolute Gasteiger partial charge is 0.403 e. The highest BCUT2D eigenvalue weighted by atomic mass is 35.5. The van der Waals surface area contributed by atoms with Gasteiger partial charge in [-0.25, -0.2) is 4.39 Å². The SMILES string of the molecule is O=C(Nc1nnc(-c2ccccc2Cl)o1)c1ccccc1F. The summed E-state index contributed by atoms with van der Waals surface area (Å²) in [7, 11) is 0. The normalized spacial score (nSPS) is 10.5. The van der Waals surface area contributed by atoms with Crippen LogP contribution in [0.5, 0.6) is 0 Å². The van der Waals surface area contributed by atoms with E-state index in [0.717, 1.165) is 0 Å². The van der Waals surface area contributed by atoms with Crippen LogP contribution in [0.4, 0.5) is 10.4 Å². The van der Waals surface area contributed by atoms with Gasteiger partial charge in [-0.3, -0.25) is 10.1 Å². The summed E-state index contributed by atoms with van der Waals surface area (Å²) in [6.07, 6.45) is 0. The molecule has 0 spiro atoms. The van der Waals surface area contributed by atoms with Gasteiger partial charge in [0.2, 0.25) is 0 Å². The Morgan fingerprint density at radius 2 is 1.82 bits per heavy atom. The maximum absolute atomic E-state index is 13.5. The lowest BCUT2D eigenvalue weighted by Crippen LogP contribution is -2.13. The van der Waals surface area contributed by atoms with Crippen LogP contribution in [0.15, 0.2) is 52.9 Å². The van der Waals surface area contributed by atoms with Crippen LogP contribution in [-0.2, 0) is 0 Å². The Morgan fingerprint density at radius 1 is 1.09 bits per heavy atom. The van der Waals surface area contributed by atoms with E-state index < -0.39 is 11.7 Å². The summed E-state index contributed by atoms with van der Waals surface area (Å²) < 4.78 is 18.8. The average Bonchev–Trinajstić information content (AvgIpc) is 2.96. The number of hydrogen-bond donors (Lipinski definition) is 1. The number of aromatic nitrogens is 2. The molecular formula is C15H9ClFN3O2. The Morgan fingerprint density at radius 3 is 2.59 bits per heavy atom. The fourth-order valence-corrected chi connectivity index (χ4v) is 2.04. The van der Waals surface area contributed by atoms with Crippen molar-refractivity contribution in [1.82, 2.24) is 10.2 Å². The molecule has 0 saturated heterocycles. The van der Waals surface area contributed by atoms with Crippen molar-refractivity contribution in [2.24, 2.45) is 0 Å². The van der Waals surface area contributed by atoms with Crippen molar-refractivity contribution >= 4 is 23.5 Å². The molecular weight excluding hydrogens is 309 g/mol. The molecule has 22 heavy (non-hydrogen) atoms. The first-order valence-corrected chi connectivity index (χ1v) is 6.67. The van der Waals surface area contributed by atoms with Gasteiger partial charge >= 0.3 is 6.01 Å². The second kappa shape index (κ2) is 5.95. The van der Waals surface area contributed by atoms with Gasteiger partial charge in [0.05, 0.1) is 16.1 Å². The Balaban J connectivity index is 1.82. The van der Waals surface area contributed by atoms with Crippen LogP contribution in [0.25, 0.3) is 11.5 Å². The summed E-state index contributed by atoms with van der Waals surface area (Å²) in [5.74, 6) is -1.15. The van der Waals surface area contributed by atoms with Gasteiger partial charge in [-0.2, -0.15) is 0 Å². The molecule has 7 heteroatoms. The summed E-state index contributed by atoms with van der Waals surface area (Å²) in [4.78, 5) is 11.9. The molecule has 110 valence electrons. The number of carbonyl (C=O) groups excluding carboxylic acids is 1. The third-order valence-corrected chi connectivity index (χ3v) is 3.20. The van der Waals surface area contributed by atoms with Gasteiger partial charge in [0.25, 0.3) is 11.8 Å². The number of carbonyl (C=O) groups is 1. The summed E-state index contributed by atoms with van der Waals surface area (Å²) >= 11 is 6.03. The topological polar surface area (TPSA) is 68.0 Å². The van der Waals surface area contributed by atoms with Crippen molar-refractivity contribution in [2.45, 2.75) is 0 Å². The van der Waals surface area contributed by atoms with Gasteiger partial charge in [0.1, 0.15) is 5.82 Å². The monoisotopic (exact) mass is 317 g/mol. The van der Waals surface area contributed by atoms with Crippen molar-refractivity contribution in [3.8, 4) is 11.5 Å². The van der Waals surface area contributed by atoms with Crippen molar-refractivity contribution in [3.63, 3.8) is 0 Å². The second-order valence-electron chi connectivity index (χ2n) is 4.33. The Labute approximate surface area is 129 Å². The fraction of sp³-hybridized carbons (Fsp3) is 0. The molecule has 0 aliphatic heterocycles. The third kappa shape index (κ3) is 2.82. The van der Waals surface area contributed by atoms with Crippen LogP contribution in [0, 0.1) is 5.82 Å². The minimum atomic E-state index is -0.674. The van der Waals surface area contributed by atoms with E-state index in [4.69, 9.17) is 16.0 Å². The fourth-order valence-electron chi connectivity index (χ4n) is 1.83. The molecule has 5 nitrogen and oxygen atoms in total. The molecule has 1 heterocycles. The predicted molar refractivity (Wildman–Crippen MR) is 79.1 cm³/mol. The van der Waals surface area contributed by atoms with Gasteiger partial charge in [-0.1, -0.05) is 41.0 Å². The van der Waals surface area contributed by atoms with Gasteiger partial charge in [-0.15, -0.1) is 5.10 Å². The van der Waals surface area contributed by atoms with Crippen molar-refractivity contribution in [3.05, 3.63) is 64.9 Å². The summed E-state index contributed by atoms with van der Waals surface area (Å²) in [5.41, 5.74) is 0.433. The first-order chi connectivity index (χ1) is 10.6. The molecule has 3 rings (SSSR count). The van der Waals surface area contributed by atoms with E-state index in [1.807, 2.05) is 0 Å². The Bertz CT molecular complexity index is 835. The number of nitrogens with one attached hydrogen (secondary N) is 1. The zero-order valence-electron chi connectivity index (χ0n) is 11.1. The first kappa shape index (κ1) is 14.2. The second-order valence-corrected chi connectivity index (χ2v) is 4.73. The van der Waals surface area contributed by atoms with E-state index in [-0.39, 0.29) is 17.5 Å². The molecule has 1 N–H and O–H groups in total. The van der Waals surface area contributed by atoms with E-state index in [1.54, 1.807) is 30.3 Å². The van der Waals surface area contributed by atoms with Crippen LogP contribution < -0.4 is 5.32 Å². The van der Waals surface area contributed by atoms with Gasteiger partial charge < -0.3 is 4.42 Å². The standard InChI is InChI=1S/C15H9ClFN3O2/c16-11-7-3-1-5-9(11)14-19-20-15(22-14)18-13(21)10-6-2-4-8-12(10)17/h1-8H,(H,18,20,21). The van der Waals surface area contributed by atoms with Gasteiger partial charge in [0, 0.05) is 0 Å². The molecule has 0 aliphatic rings. The lowest BCUT2D eigenvalue weighted by atomic mass is 10.2. The lowest BCUT2D eigenvalue weighted by molar-refractivity contribution is 0.102. The highest BCUT2D eigenvalue weighted by Crippen LogP contribution is 2.27. The van der Waals surface area contributed by atoms with Crippen LogP contribution in [0.2, 0.25) is 5.02 Å².